The quantitative estimate of drug-likeness (QED) is 0.919. The van der Waals surface area contributed by atoms with Crippen molar-refractivity contribution in [2.24, 2.45) is 0 Å². The first-order valence-electron chi connectivity index (χ1n) is 6.46. The number of carboxylic acids is 1. The Kier molecular flexibility index (Phi) is 4.19. The molecule has 0 unspecified atom stereocenters. The van der Waals surface area contributed by atoms with Crippen molar-refractivity contribution in [1.82, 2.24) is 9.88 Å². The van der Waals surface area contributed by atoms with Crippen LogP contribution in [0, 0.1) is 13.8 Å². The number of carbonyl (C=O) groups excluding carboxylic acids is 1. The Labute approximate surface area is 116 Å². The molecule has 1 heterocycles. The smallest absolute Gasteiger partial charge is 0.323 e. The molecule has 0 aromatic carbocycles. The Balaban J connectivity index is 2.24. The number of aromatic nitrogens is 1. The van der Waals surface area contributed by atoms with Gasteiger partial charge in [0.15, 0.2) is 0 Å². The summed E-state index contributed by atoms with van der Waals surface area (Å²) in [5.41, 5.74) is 0.695. The van der Waals surface area contributed by atoms with Gasteiger partial charge in [-0.05, 0) is 26.7 Å². The third-order valence-electron chi connectivity index (χ3n) is 3.43. The van der Waals surface area contributed by atoms with Gasteiger partial charge in [0.25, 0.3) is 5.91 Å². The fourth-order valence-corrected chi connectivity index (χ4v) is 3.46. The molecule has 1 aromatic heterocycles. The van der Waals surface area contributed by atoms with E-state index in [2.05, 4.69) is 4.98 Å². The van der Waals surface area contributed by atoms with Gasteiger partial charge in [-0.15, -0.1) is 11.3 Å². The summed E-state index contributed by atoms with van der Waals surface area (Å²) in [6.45, 7) is 3.43. The van der Waals surface area contributed by atoms with Crippen LogP contribution in [-0.4, -0.2) is 39.5 Å². The van der Waals surface area contributed by atoms with Crippen LogP contribution in [0.15, 0.2) is 0 Å². The van der Waals surface area contributed by atoms with Gasteiger partial charge >= 0.3 is 5.97 Å². The molecule has 104 valence electrons. The lowest BCUT2D eigenvalue weighted by Gasteiger charge is -2.27. The molecule has 0 aliphatic heterocycles. The highest BCUT2D eigenvalue weighted by Gasteiger charge is 2.30. The summed E-state index contributed by atoms with van der Waals surface area (Å²) in [7, 11) is 0. The van der Waals surface area contributed by atoms with Gasteiger partial charge in [0.1, 0.15) is 11.4 Å². The van der Waals surface area contributed by atoms with Gasteiger partial charge in [-0.1, -0.05) is 12.8 Å². The molecule has 1 N–H and O–H groups in total. The maximum atomic E-state index is 12.5. The van der Waals surface area contributed by atoms with Gasteiger partial charge in [-0.2, -0.15) is 0 Å². The largest absolute Gasteiger partial charge is 0.480 e. The van der Waals surface area contributed by atoms with Crippen molar-refractivity contribution in [2.75, 3.05) is 6.54 Å². The molecular weight excluding hydrogens is 264 g/mol. The second-order valence-electron chi connectivity index (χ2n) is 4.91. The van der Waals surface area contributed by atoms with Crippen LogP contribution in [0.1, 0.15) is 46.1 Å². The minimum Gasteiger partial charge on any atom is -0.480 e. The van der Waals surface area contributed by atoms with Gasteiger partial charge in [0.2, 0.25) is 0 Å². The summed E-state index contributed by atoms with van der Waals surface area (Å²) in [4.78, 5) is 29.8. The van der Waals surface area contributed by atoms with Gasteiger partial charge in [0.05, 0.1) is 10.7 Å². The number of amides is 1. The molecule has 0 spiro atoms. The Bertz CT molecular complexity index is 492. The first-order valence-corrected chi connectivity index (χ1v) is 7.27. The lowest BCUT2D eigenvalue weighted by molar-refractivity contribution is -0.138. The molecule has 0 saturated heterocycles. The summed E-state index contributed by atoms with van der Waals surface area (Å²) >= 11 is 1.34. The zero-order chi connectivity index (χ0) is 14.0. The fraction of sp³-hybridized carbons (Fsp3) is 0.615. The second kappa shape index (κ2) is 5.69. The molecule has 0 atom stereocenters. The van der Waals surface area contributed by atoms with E-state index >= 15 is 0 Å². The number of carboxylic acid groups (broad SMARTS) is 1. The van der Waals surface area contributed by atoms with Crippen LogP contribution < -0.4 is 0 Å². The van der Waals surface area contributed by atoms with Crippen molar-refractivity contribution < 1.29 is 14.7 Å². The predicted octanol–water partition coefficient (Wildman–Crippen LogP) is 2.23. The van der Waals surface area contributed by atoms with Crippen LogP contribution >= 0.6 is 11.3 Å². The van der Waals surface area contributed by atoms with Crippen molar-refractivity contribution >= 4 is 23.2 Å². The van der Waals surface area contributed by atoms with Crippen LogP contribution in [-0.2, 0) is 4.79 Å². The van der Waals surface area contributed by atoms with Crippen molar-refractivity contribution in [3.8, 4) is 0 Å². The molecule has 0 bridgehead atoms. The Morgan fingerprint density at radius 3 is 2.47 bits per heavy atom. The Morgan fingerprint density at radius 2 is 2.00 bits per heavy atom. The topological polar surface area (TPSA) is 70.5 Å². The molecule has 0 radical (unpaired) electrons. The molecule has 1 aliphatic carbocycles. The zero-order valence-corrected chi connectivity index (χ0v) is 12.0. The third kappa shape index (κ3) is 3.12. The van der Waals surface area contributed by atoms with E-state index in [9.17, 15) is 9.59 Å². The molecule has 2 rings (SSSR count). The summed E-state index contributed by atoms with van der Waals surface area (Å²) in [5.74, 6) is -1.14. The molecule has 6 heteroatoms. The minimum atomic E-state index is -0.959. The van der Waals surface area contributed by atoms with E-state index in [0.29, 0.717) is 10.6 Å². The van der Waals surface area contributed by atoms with Gasteiger partial charge < -0.3 is 10.0 Å². The van der Waals surface area contributed by atoms with E-state index in [1.54, 1.807) is 6.92 Å². The Hall–Kier alpha value is -1.43. The number of nitrogens with zero attached hydrogens (tertiary/aromatic N) is 2. The average Bonchev–Trinajstić information content (AvgIpc) is 2.94. The molecule has 1 amide bonds. The van der Waals surface area contributed by atoms with Crippen LogP contribution in [0.25, 0.3) is 0 Å². The van der Waals surface area contributed by atoms with Crippen LogP contribution in [0.3, 0.4) is 0 Å². The van der Waals surface area contributed by atoms with E-state index in [0.717, 1.165) is 30.7 Å². The zero-order valence-electron chi connectivity index (χ0n) is 11.2. The highest BCUT2D eigenvalue weighted by atomic mass is 32.1. The molecule has 5 nitrogen and oxygen atoms in total. The van der Waals surface area contributed by atoms with E-state index in [-0.39, 0.29) is 18.5 Å². The molecule has 1 aromatic rings. The van der Waals surface area contributed by atoms with Crippen LogP contribution in [0.4, 0.5) is 0 Å². The summed E-state index contributed by atoms with van der Waals surface area (Å²) in [5, 5.41) is 9.84. The van der Waals surface area contributed by atoms with E-state index in [4.69, 9.17) is 5.11 Å². The number of hydrogen-bond acceptors (Lipinski definition) is 4. The summed E-state index contributed by atoms with van der Waals surface area (Å²) in [6.07, 6.45) is 3.93. The number of carbonyl (C=O) groups is 2. The van der Waals surface area contributed by atoms with Gasteiger partial charge in [-0.25, -0.2) is 4.98 Å². The first kappa shape index (κ1) is 14.0. The standard InChI is InChI=1S/C13H18N2O3S/c1-8-12(19-9(2)14-8)13(18)15(7-11(16)17)10-5-3-4-6-10/h10H,3-7H2,1-2H3,(H,16,17). The molecule has 1 saturated carbocycles. The lowest BCUT2D eigenvalue weighted by Crippen LogP contribution is -2.42. The van der Waals surface area contributed by atoms with Crippen molar-refractivity contribution in [1.29, 1.82) is 0 Å². The van der Waals surface area contributed by atoms with Gasteiger partial charge in [-0.3, -0.25) is 9.59 Å². The highest BCUT2D eigenvalue weighted by molar-refractivity contribution is 7.13. The van der Waals surface area contributed by atoms with E-state index in [1.165, 1.54) is 16.2 Å². The summed E-state index contributed by atoms with van der Waals surface area (Å²) < 4.78 is 0. The van der Waals surface area contributed by atoms with E-state index < -0.39 is 5.97 Å². The predicted molar refractivity (Wildman–Crippen MR) is 72.5 cm³/mol. The second-order valence-corrected chi connectivity index (χ2v) is 6.12. The normalized spacial score (nSPS) is 15.7. The maximum absolute atomic E-state index is 12.5. The number of aryl methyl sites for hydroxylation is 2. The number of aliphatic carboxylic acids is 1. The summed E-state index contributed by atoms with van der Waals surface area (Å²) in [6, 6.07) is 0.0606. The number of hydrogen-bond donors (Lipinski definition) is 1. The van der Waals surface area contributed by atoms with Crippen LogP contribution in [0.2, 0.25) is 0 Å². The van der Waals surface area contributed by atoms with Crippen molar-refractivity contribution in [2.45, 2.75) is 45.6 Å². The monoisotopic (exact) mass is 282 g/mol. The van der Waals surface area contributed by atoms with E-state index in [1.807, 2.05) is 6.92 Å². The van der Waals surface area contributed by atoms with Crippen molar-refractivity contribution in [3.63, 3.8) is 0 Å². The van der Waals surface area contributed by atoms with Gasteiger partial charge in [0, 0.05) is 6.04 Å². The fourth-order valence-electron chi connectivity index (χ4n) is 2.59. The molecule has 1 aliphatic rings. The average molecular weight is 282 g/mol. The molecule has 19 heavy (non-hydrogen) atoms. The Morgan fingerprint density at radius 1 is 1.37 bits per heavy atom. The molecule has 1 fully saturated rings. The number of thiazole rings is 1. The number of rotatable bonds is 4. The lowest BCUT2D eigenvalue weighted by atomic mass is 10.2. The maximum Gasteiger partial charge on any atom is 0.323 e. The van der Waals surface area contributed by atoms with Crippen LogP contribution in [0.5, 0.6) is 0 Å². The molecular formula is C13H18N2O3S. The third-order valence-corrected chi connectivity index (χ3v) is 4.49. The highest BCUT2D eigenvalue weighted by Crippen LogP contribution is 2.27. The minimum absolute atomic E-state index is 0.0606. The van der Waals surface area contributed by atoms with Crippen molar-refractivity contribution in [3.05, 3.63) is 15.6 Å². The first-order chi connectivity index (χ1) is 8.99. The SMILES string of the molecule is Cc1nc(C)c(C(=O)N(CC(=O)O)C2CCCC2)s1.